The summed E-state index contributed by atoms with van der Waals surface area (Å²) in [5.74, 6) is -3.03. The zero-order valence-corrected chi connectivity index (χ0v) is 27.1. The molecular formula is C30H45N7O10. The summed E-state index contributed by atoms with van der Waals surface area (Å²) in [5.41, 5.74) is 0. The van der Waals surface area contributed by atoms with Crippen LogP contribution >= 0.6 is 0 Å². The number of nitrogens with zero attached hydrogens (tertiary/aromatic N) is 2. The number of ketones is 1. The molecule has 0 unspecified atom stereocenters. The van der Waals surface area contributed by atoms with Gasteiger partial charge in [0.15, 0.2) is 0 Å². The van der Waals surface area contributed by atoms with E-state index in [2.05, 4.69) is 26.6 Å². The van der Waals surface area contributed by atoms with Gasteiger partial charge in [-0.05, 0) is 20.9 Å². The lowest BCUT2D eigenvalue weighted by molar-refractivity contribution is -0.139. The minimum atomic E-state index is -0.458. The summed E-state index contributed by atoms with van der Waals surface area (Å²) in [6.45, 7) is 5.34. The van der Waals surface area contributed by atoms with Gasteiger partial charge in [0, 0.05) is 108 Å². The summed E-state index contributed by atoms with van der Waals surface area (Å²) in [6, 6.07) is -0.442. The maximum absolute atomic E-state index is 12.2. The van der Waals surface area contributed by atoms with Crippen LogP contribution in [0.25, 0.3) is 0 Å². The second-order valence-electron chi connectivity index (χ2n) is 10.3. The van der Waals surface area contributed by atoms with Crippen molar-refractivity contribution in [3.05, 3.63) is 24.3 Å². The van der Waals surface area contributed by atoms with Crippen LogP contribution in [0.5, 0.6) is 0 Å². The van der Waals surface area contributed by atoms with Gasteiger partial charge in [0.1, 0.15) is 5.78 Å². The highest BCUT2D eigenvalue weighted by molar-refractivity contribution is 6.13. The summed E-state index contributed by atoms with van der Waals surface area (Å²) in [5, 5.41) is 13.3. The highest BCUT2D eigenvalue weighted by Crippen LogP contribution is 2.05. The Balaban J connectivity index is 0.00000122. The molecule has 2 heterocycles. The van der Waals surface area contributed by atoms with E-state index in [1.54, 1.807) is 14.0 Å². The molecule has 0 radical (unpaired) electrons. The lowest BCUT2D eigenvalue weighted by Gasteiger charge is -2.16. The first-order chi connectivity index (χ1) is 22.4. The fraction of sp³-hybridized carbons (Fsp3) is 0.567. The van der Waals surface area contributed by atoms with Crippen LogP contribution < -0.4 is 26.6 Å². The number of Topliss-reactive ketones (excluding diaryl/α,β-unsaturated/α-hetero) is 1. The topological polar surface area (TPSA) is 229 Å². The third-order valence-electron chi connectivity index (χ3n) is 6.54. The quantitative estimate of drug-likeness (QED) is 0.0634. The third kappa shape index (κ3) is 17.5. The fourth-order valence-electron chi connectivity index (χ4n) is 3.94. The number of rotatable bonds is 21. The van der Waals surface area contributed by atoms with Crippen molar-refractivity contribution in [1.29, 1.82) is 0 Å². The van der Waals surface area contributed by atoms with Gasteiger partial charge >= 0.3 is 0 Å². The van der Waals surface area contributed by atoms with Crippen molar-refractivity contribution in [3.63, 3.8) is 0 Å². The summed E-state index contributed by atoms with van der Waals surface area (Å²) < 4.78 is 4.92. The number of hydrogen-bond acceptors (Lipinski definition) is 11. The van der Waals surface area contributed by atoms with E-state index in [4.69, 9.17) is 4.74 Å². The molecule has 260 valence electrons. The van der Waals surface area contributed by atoms with Crippen molar-refractivity contribution in [3.8, 4) is 0 Å². The van der Waals surface area contributed by atoms with E-state index in [1.807, 2.05) is 6.92 Å². The first kappa shape index (κ1) is 40.3. The van der Waals surface area contributed by atoms with Gasteiger partial charge in [-0.25, -0.2) is 0 Å². The Hall–Kier alpha value is -4.77. The van der Waals surface area contributed by atoms with Crippen LogP contribution in [0.15, 0.2) is 24.3 Å². The molecule has 17 nitrogen and oxygen atoms in total. The Labute approximate surface area is 273 Å². The molecule has 0 aromatic carbocycles. The molecule has 17 heteroatoms. The first-order valence-corrected chi connectivity index (χ1v) is 15.3. The summed E-state index contributed by atoms with van der Waals surface area (Å²) in [4.78, 5) is 106. The van der Waals surface area contributed by atoms with Crippen LogP contribution in [0, 0.1) is 0 Å². The highest BCUT2D eigenvalue weighted by atomic mass is 16.5. The fourth-order valence-corrected chi connectivity index (χ4v) is 3.94. The van der Waals surface area contributed by atoms with Crippen LogP contribution in [-0.4, -0.2) is 128 Å². The van der Waals surface area contributed by atoms with E-state index in [9.17, 15) is 43.2 Å². The van der Waals surface area contributed by atoms with Crippen LogP contribution in [0.3, 0.4) is 0 Å². The van der Waals surface area contributed by atoms with Crippen molar-refractivity contribution in [2.24, 2.45) is 0 Å². The second-order valence-corrected chi connectivity index (χ2v) is 10.3. The number of imide groups is 2. The van der Waals surface area contributed by atoms with Crippen molar-refractivity contribution >= 4 is 53.0 Å². The summed E-state index contributed by atoms with van der Waals surface area (Å²) >= 11 is 0. The normalized spacial score (nSPS) is 13.5. The van der Waals surface area contributed by atoms with E-state index in [-0.39, 0.29) is 94.4 Å². The van der Waals surface area contributed by atoms with Crippen LogP contribution in [0.2, 0.25) is 0 Å². The molecule has 0 spiro atoms. The number of nitrogens with one attached hydrogen (secondary N) is 5. The van der Waals surface area contributed by atoms with Crippen LogP contribution in [0.4, 0.5) is 0 Å². The van der Waals surface area contributed by atoms with Gasteiger partial charge in [-0.1, -0.05) is 0 Å². The molecule has 8 amide bonds. The number of carbonyl (C=O) groups excluding carboxylic acids is 9. The maximum Gasteiger partial charge on any atom is 0.253 e. The predicted molar refractivity (Wildman–Crippen MR) is 167 cm³/mol. The molecule has 0 aromatic heterocycles. The van der Waals surface area contributed by atoms with Crippen molar-refractivity contribution in [2.45, 2.75) is 52.0 Å². The van der Waals surface area contributed by atoms with E-state index in [0.717, 1.165) is 34.1 Å². The summed E-state index contributed by atoms with van der Waals surface area (Å²) in [6.07, 6.45) is 5.06. The predicted octanol–water partition coefficient (Wildman–Crippen LogP) is -2.55. The molecular weight excluding hydrogens is 618 g/mol. The van der Waals surface area contributed by atoms with Crippen molar-refractivity contribution in [2.75, 3.05) is 59.5 Å². The van der Waals surface area contributed by atoms with Gasteiger partial charge in [0.05, 0.1) is 6.61 Å². The van der Waals surface area contributed by atoms with E-state index >= 15 is 0 Å². The minimum absolute atomic E-state index is 0.0174. The standard InChI is InChI=1S/C24H33N7O8.C6H12O2/c1-25-16(14-19(34)28-10-8-26-17(32)6-12-30-21(36)2-3-22(30)37)15-20(35)29-11-9-27-18(33)7-13-31-23(38)4-5-24(31)39;1-3-8-5-4-6(2)7/h2-5,16,25H,6-15H2,1H3,(H,26,32)(H,27,33)(H,28,34)(H,29,35);3-5H2,1-2H3. The molecule has 0 atom stereocenters. The number of ether oxygens (including phenoxy) is 1. The Morgan fingerprint density at radius 2 is 1.00 bits per heavy atom. The Morgan fingerprint density at radius 3 is 1.32 bits per heavy atom. The average molecular weight is 664 g/mol. The molecule has 0 saturated carbocycles. The highest BCUT2D eigenvalue weighted by Gasteiger charge is 2.24. The largest absolute Gasteiger partial charge is 0.381 e. The van der Waals surface area contributed by atoms with Gasteiger partial charge in [-0.15, -0.1) is 0 Å². The Kier molecular flexibility index (Phi) is 19.4. The smallest absolute Gasteiger partial charge is 0.253 e. The second kappa shape index (κ2) is 22.7. The van der Waals surface area contributed by atoms with Gasteiger partial charge < -0.3 is 31.3 Å². The molecule has 47 heavy (non-hydrogen) atoms. The van der Waals surface area contributed by atoms with E-state index in [0.29, 0.717) is 19.6 Å². The van der Waals surface area contributed by atoms with Crippen LogP contribution in [-0.2, 0) is 47.9 Å². The monoisotopic (exact) mass is 663 g/mol. The zero-order chi connectivity index (χ0) is 35.2. The van der Waals surface area contributed by atoms with Gasteiger partial charge in [-0.2, -0.15) is 0 Å². The van der Waals surface area contributed by atoms with Gasteiger partial charge in [0.2, 0.25) is 23.6 Å². The summed E-state index contributed by atoms with van der Waals surface area (Å²) in [7, 11) is 1.61. The number of amides is 8. The molecule has 5 N–H and O–H groups in total. The van der Waals surface area contributed by atoms with E-state index < -0.39 is 29.7 Å². The lowest BCUT2D eigenvalue weighted by atomic mass is 10.1. The average Bonchev–Trinajstić information content (AvgIpc) is 3.52. The maximum atomic E-state index is 12.2. The Morgan fingerprint density at radius 1 is 0.638 bits per heavy atom. The minimum Gasteiger partial charge on any atom is -0.381 e. The molecule has 2 aliphatic heterocycles. The zero-order valence-electron chi connectivity index (χ0n) is 27.1. The molecule has 0 aliphatic carbocycles. The molecule has 0 bridgehead atoms. The molecule has 0 aromatic rings. The SMILES string of the molecule is CCOCCC(C)=O.CNC(CC(=O)NCCNC(=O)CCN1C(=O)C=CC1=O)CC(=O)NCCNC(=O)CCN1C(=O)C=CC1=O. The van der Waals surface area contributed by atoms with Gasteiger partial charge in [0.25, 0.3) is 23.6 Å². The Bertz CT molecular complexity index is 1100. The molecule has 0 saturated heterocycles. The van der Waals surface area contributed by atoms with Crippen molar-refractivity contribution < 1.29 is 47.9 Å². The third-order valence-corrected chi connectivity index (χ3v) is 6.54. The number of carbonyl (C=O) groups is 9. The number of hydrogen-bond donors (Lipinski definition) is 5. The first-order valence-electron chi connectivity index (χ1n) is 15.3. The van der Waals surface area contributed by atoms with Gasteiger partial charge in [-0.3, -0.25) is 53.0 Å². The molecule has 0 fully saturated rings. The van der Waals surface area contributed by atoms with Crippen LogP contribution in [0.1, 0.15) is 46.0 Å². The molecule has 2 rings (SSSR count). The van der Waals surface area contributed by atoms with E-state index in [1.165, 1.54) is 0 Å². The lowest BCUT2D eigenvalue weighted by Crippen LogP contribution is -2.41. The van der Waals surface area contributed by atoms with Crippen molar-refractivity contribution in [1.82, 2.24) is 36.4 Å². The molecule has 2 aliphatic rings.